The van der Waals surface area contributed by atoms with Crippen LogP contribution in [0.1, 0.15) is 13.3 Å². The van der Waals surface area contributed by atoms with Crippen molar-refractivity contribution in [3.05, 3.63) is 29.3 Å². The molecule has 0 saturated carbocycles. The van der Waals surface area contributed by atoms with Crippen molar-refractivity contribution in [2.24, 2.45) is 0 Å². The fourth-order valence-electron chi connectivity index (χ4n) is 1.27. The molecule has 0 radical (unpaired) electrons. The van der Waals surface area contributed by atoms with E-state index in [2.05, 4.69) is 5.32 Å². The van der Waals surface area contributed by atoms with Gasteiger partial charge < -0.3 is 10.1 Å². The summed E-state index contributed by atoms with van der Waals surface area (Å²) in [5, 5.41) is 2.83. The lowest BCUT2D eigenvalue weighted by molar-refractivity contribution is 0.236. The Kier molecular flexibility index (Phi) is 4.74. The number of rotatable bonds is 5. The van der Waals surface area contributed by atoms with Gasteiger partial charge in [0.05, 0.1) is 0 Å². The molecule has 1 rings (SSSR count). The second-order valence-electron chi connectivity index (χ2n) is 3.50. The molecule has 0 heterocycles. The van der Waals surface area contributed by atoms with Crippen LogP contribution in [0, 0.1) is 23.3 Å². The van der Waals surface area contributed by atoms with E-state index in [0.717, 1.165) is 0 Å². The Bertz CT molecular complexity index is 367. The molecule has 0 fully saturated rings. The molecule has 1 atom stereocenters. The average molecular weight is 251 g/mol. The molecule has 0 aliphatic heterocycles. The Morgan fingerprint density at radius 2 is 1.71 bits per heavy atom. The summed E-state index contributed by atoms with van der Waals surface area (Å²) in [7, 11) is 1.65. The molecule has 1 N–H and O–H groups in total. The van der Waals surface area contributed by atoms with Gasteiger partial charge in [0, 0.05) is 12.1 Å². The normalized spacial score (nSPS) is 12.6. The number of nitrogens with one attached hydrogen (secondary N) is 1. The van der Waals surface area contributed by atoms with Gasteiger partial charge in [-0.05, 0) is 13.5 Å². The third-order valence-corrected chi connectivity index (χ3v) is 2.40. The number of ether oxygens (including phenoxy) is 1. The minimum Gasteiger partial charge on any atom is -0.486 e. The minimum atomic E-state index is -1.52. The summed E-state index contributed by atoms with van der Waals surface area (Å²) >= 11 is 0. The maximum Gasteiger partial charge on any atom is 0.203 e. The summed E-state index contributed by atoms with van der Waals surface area (Å²) in [6, 6.07) is -0.00692. The quantitative estimate of drug-likeness (QED) is 0.641. The summed E-state index contributed by atoms with van der Waals surface area (Å²) in [6.07, 6.45) is 0.650. The Morgan fingerprint density at radius 3 is 2.12 bits per heavy atom. The lowest BCUT2D eigenvalue weighted by atomic mass is 10.2. The van der Waals surface area contributed by atoms with Gasteiger partial charge in [0.2, 0.25) is 11.6 Å². The van der Waals surface area contributed by atoms with Crippen molar-refractivity contribution in [1.82, 2.24) is 5.32 Å². The number of hydrogen-bond donors (Lipinski definition) is 1. The van der Waals surface area contributed by atoms with Gasteiger partial charge >= 0.3 is 0 Å². The molecule has 0 aliphatic rings. The van der Waals surface area contributed by atoms with Gasteiger partial charge in [-0.1, -0.05) is 6.92 Å². The largest absolute Gasteiger partial charge is 0.486 e. The van der Waals surface area contributed by atoms with Crippen LogP contribution < -0.4 is 10.1 Å². The summed E-state index contributed by atoms with van der Waals surface area (Å²) in [4.78, 5) is 0. The van der Waals surface area contributed by atoms with Crippen LogP contribution in [0.4, 0.5) is 17.6 Å². The van der Waals surface area contributed by atoms with E-state index in [0.29, 0.717) is 6.42 Å². The van der Waals surface area contributed by atoms with Crippen LogP contribution in [-0.2, 0) is 0 Å². The van der Waals surface area contributed by atoms with Gasteiger partial charge in [-0.25, -0.2) is 8.78 Å². The van der Waals surface area contributed by atoms with Gasteiger partial charge in [0.15, 0.2) is 17.4 Å². The van der Waals surface area contributed by atoms with Gasteiger partial charge in [0.25, 0.3) is 0 Å². The molecule has 0 aliphatic carbocycles. The van der Waals surface area contributed by atoms with Crippen molar-refractivity contribution in [3.8, 4) is 5.75 Å². The minimum absolute atomic E-state index is 0.0796. The summed E-state index contributed by atoms with van der Waals surface area (Å²) in [6.45, 7) is 1.76. The Hall–Kier alpha value is -1.30. The van der Waals surface area contributed by atoms with Crippen LogP contribution in [0.3, 0.4) is 0 Å². The van der Waals surface area contributed by atoms with Crippen LogP contribution >= 0.6 is 0 Å². The van der Waals surface area contributed by atoms with Crippen LogP contribution in [-0.4, -0.2) is 19.7 Å². The van der Waals surface area contributed by atoms with Crippen molar-refractivity contribution in [2.45, 2.75) is 19.4 Å². The van der Waals surface area contributed by atoms with Crippen molar-refractivity contribution in [1.29, 1.82) is 0 Å². The molecule has 0 amide bonds. The average Bonchev–Trinajstić information content (AvgIpc) is 2.31. The summed E-state index contributed by atoms with van der Waals surface area (Å²) in [5.74, 6) is -7.01. The molecular weight excluding hydrogens is 238 g/mol. The first-order valence-corrected chi connectivity index (χ1v) is 5.14. The highest BCUT2D eigenvalue weighted by molar-refractivity contribution is 5.28. The summed E-state index contributed by atoms with van der Waals surface area (Å²) in [5.41, 5.74) is 0. The molecule has 6 heteroatoms. The van der Waals surface area contributed by atoms with E-state index in [1.165, 1.54) is 0 Å². The predicted octanol–water partition coefficient (Wildman–Crippen LogP) is 2.62. The molecule has 1 aromatic carbocycles. The molecule has 2 nitrogen and oxygen atoms in total. The number of benzene rings is 1. The van der Waals surface area contributed by atoms with Crippen LogP contribution in [0.25, 0.3) is 0 Å². The first-order valence-electron chi connectivity index (χ1n) is 5.14. The first kappa shape index (κ1) is 13.8. The van der Waals surface area contributed by atoms with E-state index in [1.54, 1.807) is 7.05 Å². The molecule has 17 heavy (non-hydrogen) atoms. The molecule has 96 valence electrons. The van der Waals surface area contributed by atoms with E-state index in [-0.39, 0.29) is 18.7 Å². The zero-order chi connectivity index (χ0) is 13.0. The highest BCUT2D eigenvalue weighted by Crippen LogP contribution is 2.26. The number of likely N-dealkylation sites (N-methyl/N-ethyl adjacent to an activating group) is 1. The molecule has 0 spiro atoms. The van der Waals surface area contributed by atoms with Crippen LogP contribution in [0.2, 0.25) is 0 Å². The van der Waals surface area contributed by atoms with E-state index < -0.39 is 29.0 Å². The zero-order valence-electron chi connectivity index (χ0n) is 9.49. The maximum absolute atomic E-state index is 13.2. The Balaban J connectivity index is 2.90. The number of hydrogen-bond acceptors (Lipinski definition) is 2. The monoisotopic (exact) mass is 251 g/mol. The van der Waals surface area contributed by atoms with Crippen molar-refractivity contribution >= 4 is 0 Å². The second kappa shape index (κ2) is 5.86. The lowest BCUT2D eigenvalue weighted by Crippen LogP contribution is -2.31. The highest BCUT2D eigenvalue weighted by Gasteiger charge is 2.21. The molecule has 1 unspecified atom stereocenters. The Labute approximate surface area is 96.6 Å². The van der Waals surface area contributed by atoms with Gasteiger partial charge in [-0.15, -0.1) is 0 Å². The van der Waals surface area contributed by atoms with Gasteiger partial charge in [-0.3, -0.25) is 0 Å². The van der Waals surface area contributed by atoms with Gasteiger partial charge in [0.1, 0.15) is 6.61 Å². The van der Waals surface area contributed by atoms with Gasteiger partial charge in [-0.2, -0.15) is 8.78 Å². The fraction of sp³-hybridized carbons (Fsp3) is 0.455. The molecular formula is C11H13F4NO. The smallest absolute Gasteiger partial charge is 0.203 e. The van der Waals surface area contributed by atoms with E-state index in [9.17, 15) is 17.6 Å². The SMILES string of the molecule is CCC(COc1c(F)c(F)cc(F)c1F)NC. The predicted molar refractivity (Wildman–Crippen MR) is 54.9 cm³/mol. The molecule has 0 saturated heterocycles. The molecule has 0 bridgehead atoms. The van der Waals surface area contributed by atoms with E-state index >= 15 is 0 Å². The van der Waals surface area contributed by atoms with Crippen molar-refractivity contribution < 1.29 is 22.3 Å². The molecule has 0 aromatic heterocycles. The summed E-state index contributed by atoms with van der Waals surface area (Å²) < 4.78 is 56.8. The standard InChI is InChI=1S/C11H13F4NO/c1-3-6(16-2)5-17-11-9(14)7(12)4-8(13)10(11)15/h4,6,16H,3,5H2,1-2H3. The first-order chi connectivity index (χ1) is 8.01. The fourth-order valence-corrected chi connectivity index (χ4v) is 1.27. The Morgan fingerprint density at radius 1 is 1.18 bits per heavy atom. The van der Waals surface area contributed by atoms with E-state index in [4.69, 9.17) is 4.74 Å². The highest BCUT2D eigenvalue weighted by atomic mass is 19.2. The second-order valence-corrected chi connectivity index (χ2v) is 3.50. The third kappa shape index (κ3) is 3.09. The van der Waals surface area contributed by atoms with E-state index in [1.807, 2.05) is 6.92 Å². The van der Waals surface area contributed by atoms with Crippen LogP contribution in [0.15, 0.2) is 6.07 Å². The zero-order valence-corrected chi connectivity index (χ0v) is 9.49. The topological polar surface area (TPSA) is 21.3 Å². The lowest BCUT2D eigenvalue weighted by Gasteiger charge is -2.15. The third-order valence-electron chi connectivity index (χ3n) is 2.40. The van der Waals surface area contributed by atoms with Crippen molar-refractivity contribution in [2.75, 3.05) is 13.7 Å². The van der Waals surface area contributed by atoms with Crippen LogP contribution in [0.5, 0.6) is 5.75 Å². The molecule has 1 aromatic rings. The van der Waals surface area contributed by atoms with Crippen molar-refractivity contribution in [3.63, 3.8) is 0 Å². The maximum atomic E-state index is 13.2. The number of halogens is 4.